The molecule has 96 valence electrons. The summed E-state index contributed by atoms with van der Waals surface area (Å²) in [6, 6.07) is 0.498. The first-order chi connectivity index (χ1) is 8.11. The molecule has 0 aliphatic heterocycles. The van der Waals surface area contributed by atoms with Crippen LogP contribution in [0.1, 0.15) is 58.3 Å². The third kappa shape index (κ3) is 2.82. The smallest absolute Gasteiger partial charge is 0.225 e. The van der Waals surface area contributed by atoms with Gasteiger partial charge in [0.25, 0.3) is 0 Å². The molecule has 17 heavy (non-hydrogen) atoms. The van der Waals surface area contributed by atoms with Gasteiger partial charge in [-0.05, 0) is 49.1 Å². The molecule has 4 heteroatoms. The molecule has 0 saturated heterocycles. The number of hydrogen-bond acceptors (Lipinski definition) is 2. The molecule has 0 spiro atoms. The first-order valence-corrected chi connectivity index (χ1v) is 7.08. The van der Waals surface area contributed by atoms with Crippen LogP contribution in [0.2, 0.25) is 5.28 Å². The Kier molecular flexibility index (Phi) is 4.08. The quantitative estimate of drug-likeness (QED) is 0.821. The van der Waals surface area contributed by atoms with Crippen LogP contribution in [0.4, 0.5) is 0 Å². The second-order valence-corrected chi connectivity index (χ2v) is 5.91. The van der Waals surface area contributed by atoms with Crippen LogP contribution < -0.4 is 0 Å². The van der Waals surface area contributed by atoms with Crippen LogP contribution >= 0.6 is 11.6 Å². The summed E-state index contributed by atoms with van der Waals surface area (Å²) in [5.41, 5.74) is 0. The van der Waals surface area contributed by atoms with E-state index < -0.39 is 0 Å². The molecule has 0 radical (unpaired) electrons. The van der Waals surface area contributed by atoms with Crippen LogP contribution in [0.5, 0.6) is 0 Å². The van der Waals surface area contributed by atoms with Gasteiger partial charge in [0.15, 0.2) is 0 Å². The first kappa shape index (κ1) is 12.9. The first-order valence-electron chi connectivity index (χ1n) is 6.71. The largest absolute Gasteiger partial charge is 0.299 e. The van der Waals surface area contributed by atoms with Gasteiger partial charge in [0.1, 0.15) is 5.82 Å². The summed E-state index contributed by atoms with van der Waals surface area (Å²) in [6.45, 7) is 6.83. The Labute approximate surface area is 109 Å². The minimum Gasteiger partial charge on any atom is -0.299 e. The third-order valence-electron chi connectivity index (χ3n) is 3.72. The van der Waals surface area contributed by atoms with Crippen molar-refractivity contribution in [2.75, 3.05) is 0 Å². The zero-order chi connectivity index (χ0) is 12.4. The Morgan fingerprint density at radius 3 is 2.41 bits per heavy atom. The molecular weight excluding hydrogens is 234 g/mol. The van der Waals surface area contributed by atoms with Gasteiger partial charge in [0.05, 0.1) is 0 Å². The van der Waals surface area contributed by atoms with Crippen molar-refractivity contribution < 1.29 is 0 Å². The molecule has 3 nitrogen and oxygen atoms in total. The number of hydrogen-bond donors (Lipinski definition) is 0. The zero-order valence-electron chi connectivity index (χ0n) is 11.0. The van der Waals surface area contributed by atoms with E-state index in [4.69, 9.17) is 11.6 Å². The standard InChI is InChI=1S/C13H22ClN3/c1-4-5-12-15-16-13(14)17(12)11-7-9(2)6-10(3)8-11/h9-11H,4-8H2,1-3H3. The van der Waals surface area contributed by atoms with E-state index in [1.807, 2.05) is 0 Å². The van der Waals surface area contributed by atoms with E-state index in [-0.39, 0.29) is 0 Å². The molecule has 2 atom stereocenters. The highest BCUT2D eigenvalue weighted by molar-refractivity contribution is 6.28. The predicted octanol–water partition coefficient (Wildman–Crippen LogP) is 3.88. The number of rotatable bonds is 3. The average molecular weight is 256 g/mol. The molecule has 1 fully saturated rings. The molecule has 1 aromatic rings. The molecule has 1 aromatic heterocycles. The molecule has 2 unspecified atom stereocenters. The van der Waals surface area contributed by atoms with E-state index in [9.17, 15) is 0 Å². The Morgan fingerprint density at radius 1 is 1.18 bits per heavy atom. The molecule has 1 heterocycles. The van der Waals surface area contributed by atoms with E-state index in [0.29, 0.717) is 11.3 Å². The van der Waals surface area contributed by atoms with Gasteiger partial charge in [0.2, 0.25) is 5.28 Å². The van der Waals surface area contributed by atoms with E-state index in [1.54, 1.807) is 0 Å². The number of nitrogens with zero attached hydrogens (tertiary/aromatic N) is 3. The van der Waals surface area contributed by atoms with Crippen molar-refractivity contribution in [2.45, 2.75) is 58.9 Å². The average Bonchev–Trinajstić information content (AvgIpc) is 2.59. The highest BCUT2D eigenvalue weighted by Gasteiger charge is 2.28. The van der Waals surface area contributed by atoms with Gasteiger partial charge < -0.3 is 0 Å². The van der Waals surface area contributed by atoms with E-state index in [0.717, 1.165) is 30.5 Å². The summed E-state index contributed by atoms with van der Waals surface area (Å²) in [6.07, 6.45) is 5.81. The van der Waals surface area contributed by atoms with Crippen LogP contribution in [-0.4, -0.2) is 14.8 Å². The van der Waals surface area contributed by atoms with Gasteiger partial charge in [-0.15, -0.1) is 10.2 Å². The van der Waals surface area contributed by atoms with Crippen molar-refractivity contribution in [3.63, 3.8) is 0 Å². The van der Waals surface area contributed by atoms with Gasteiger partial charge in [-0.2, -0.15) is 0 Å². The van der Waals surface area contributed by atoms with Crippen LogP contribution in [0.25, 0.3) is 0 Å². The molecule has 0 amide bonds. The Hall–Kier alpha value is -0.570. The van der Waals surface area contributed by atoms with Gasteiger partial charge >= 0.3 is 0 Å². The summed E-state index contributed by atoms with van der Waals surface area (Å²) < 4.78 is 2.18. The van der Waals surface area contributed by atoms with Crippen molar-refractivity contribution in [1.29, 1.82) is 0 Å². The molecule has 0 N–H and O–H groups in total. The normalized spacial score (nSPS) is 29.5. The molecule has 0 bridgehead atoms. The number of aryl methyl sites for hydroxylation is 1. The van der Waals surface area contributed by atoms with E-state index in [1.165, 1.54) is 19.3 Å². The molecule has 0 aromatic carbocycles. The fourth-order valence-corrected chi connectivity index (χ4v) is 3.45. The minimum absolute atomic E-state index is 0.498. The fourth-order valence-electron chi connectivity index (χ4n) is 3.17. The molecule has 2 rings (SSSR count). The van der Waals surface area contributed by atoms with Crippen molar-refractivity contribution in [3.8, 4) is 0 Å². The zero-order valence-corrected chi connectivity index (χ0v) is 11.7. The Bertz CT molecular complexity index is 365. The van der Waals surface area contributed by atoms with Crippen LogP contribution in [0.15, 0.2) is 0 Å². The lowest BCUT2D eigenvalue weighted by Crippen LogP contribution is -2.24. The van der Waals surface area contributed by atoms with Crippen LogP contribution in [0, 0.1) is 11.8 Å². The molecule has 1 aliphatic carbocycles. The fraction of sp³-hybridized carbons (Fsp3) is 0.846. The summed E-state index contributed by atoms with van der Waals surface area (Å²) in [4.78, 5) is 0. The van der Waals surface area contributed by atoms with Crippen molar-refractivity contribution in [2.24, 2.45) is 11.8 Å². The SMILES string of the molecule is CCCc1nnc(Cl)n1C1CC(C)CC(C)C1. The number of aromatic nitrogens is 3. The maximum absolute atomic E-state index is 6.20. The topological polar surface area (TPSA) is 30.7 Å². The predicted molar refractivity (Wildman–Crippen MR) is 70.2 cm³/mol. The van der Waals surface area contributed by atoms with Gasteiger partial charge in [0, 0.05) is 12.5 Å². The Balaban J connectivity index is 2.22. The second-order valence-electron chi connectivity index (χ2n) is 5.58. The molecule has 1 aliphatic rings. The van der Waals surface area contributed by atoms with Gasteiger partial charge in [-0.3, -0.25) is 4.57 Å². The van der Waals surface area contributed by atoms with Crippen LogP contribution in [0.3, 0.4) is 0 Å². The van der Waals surface area contributed by atoms with Crippen molar-refractivity contribution in [1.82, 2.24) is 14.8 Å². The molecular formula is C13H22ClN3. The van der Waals surface area contributed by atoms with Crippen molar-refractivity contribution in [3.05, 3.63) is 11.1 Å². The minimum atomic E-state index is 0.498. The summed E-state index contributed by atoms with van der Waals surface area (Å²) >= 11 is 6.20. The number of halogens is 1. The van der Waals surface area contributed by atoms with Gasteiger partial charge in [-0.25, -0.2) is 0 Å². The lowest BCUT2D eigenvalue weighted by atomic mass is 9.80. The summed E-state index contributed by atoms with van der Waals surface area (Å²) in [5.74, 6) is 2.61. The van der Waals surface area contributed by atoms with Crippen LogP contribution in [-0.2, 0) is 6.42 Å². The Morgan fingerprint density at radius 2 is 1.82 bits per heavy atom. The van der Waals surface area contributed by atoms with Crippen molar-refractivity contribution >= 4 is 11.6 Å². The monoisotopic (exact) mass is 255 g/mol. The maximum Gasteiger partial charge on any atom is 0.225 e. The van der Waals surface area contributed by atoms with Gasteiger partial charge in [-0.1, -0.05) is 20.8 Å². The van der Waals surface area contributed by atoms with E-state index in [2.05, 4.69) is 35.5 Å². The lowest BCUT2D eigenvalue weighted by molar-refractivity contribution is 0.218. The highest BCUT2D eigenvalue weighted by Crippen LogP contribution is 2.37. The highest BCUT2D eigenvalue weighted by atomic mass is 35.5. The molecule has 1 saturated carbocycles. The summed E-state index contributed by atoms with van der Waals surface area (Å²) in [7, 11) is 0. The lowest BCUT2D eigenvalue weighted by Gasteiger charge is -2.33. The van der Waals surface area contributed by atoms with E-state index >= 15 is 0 Å². The third-order valence-corrected chi connectivity index (χ3v) is 3.97. The summed E-state index contributed by atoms with van der Waals surface area (Å²) in [5, 5.41) is 8.82. The second kappa shape index (κ2) is 5.38. The maximum atomic E-state index is 6.20.